The van der Waals surface area contributed by atoms with Crippen LogP contribution in [-0.2, 0) is 10.0 Å². The van der Waals surface area contributed by atoms with Crippen molar-refractivity contribution >= 4 is 61.2 Å². The van der Waals surface area contributed by atoms with E-state index in [0.29, 0.717) is 23.1 Å². The van der Waals surface area contributed by atoms with Crippen LogP contribution in [0.15, 0.2) is 95.4 Å². The molecule has 0 bridgehead atoms. The summed E-state index contributed by atoms with van der Waals surface area (Å²) in [5.41, 5.74) is 4.82. The molecule has 1 atom stereocenters. The van der Waals surface area contributed by atoms with Gasteiger partial charge in [0.1, 0.15) is 0 Å². The van der Waals surface area contributed by atoms with E-state index in [1.54, 1.807) is 23.5 Å². The number of hydrogen-bond donors (Lipinski definition) is 1. The van der Waals surface area contributed by atoms with Crippen LogP contribution in [0.25, 0.3) is 22.2 Å². The Hall–Kier alpha value is -3.79. The van der Waals surface area contributed by atoms with Crippen LogP contribution in [0.2, 0.25) is 5.02 Å². The van der Waals surface area contributed by atoms with Crippen LogP contribution < -0.4 is 9.73 Å². The van der Waals surface area contributed by atoms with Crippen LogP contribution in [-0.4, -0.2) is 30.4 Å². The van der Waals surface area contributed by atoms with Gasteiger partial charge in [-0.1, -0.05) is 60.1 Å². The summed E-state index contributed by atoms with van der Waals surface area (Å²) in [6, 6.07) is 26.9. The third-order valence-electron chi connectivity index (χ3n) is 6.20. The second-order valence-corrected chi connectivity index (χ2v) is 12.1. The van der Waals surface area contributed by atoms with Crippen LogP contribution >= 0.6 is 22.9 Å². The van der Waals surface area contributed by atoms with Crippen molar-refractivity contribution in [3.05, 3.63) is 106 Å². The first-order chi connectivity index (χ1) is 18.3. The first-order valence-corrected chi connectivity index (χ1v) is 15.0. The molecule has 0 aliphatic carbocycles. The van der Waals surface area contributed by atoms with Gasteiger partial charge in [-0.25, -0.2) is 23.4 Å². The Morgan fingerprint density at radius 3 is 2.45 bits per heavy atom. The lowest BCUT2D eigenvalue weighted by atomic mass is 10.0. The highest BCUT2D eigenvalue weighted by atomic mass is 35.5. The molecule has 0 unspecified atom stereocenters. The first kappa shape index (κ1) is 24.5. The number of halogens is 1. The molecule has 0 saturated carbocycles. The van der Waals surface area contributed by atoms with Crippen molar-refractivity contribution in [3.63, 3.8) is 0 Å². The number of fused-ring (bicyclic) bond motifs is 1. The third-order valence-corrected chi connectivity index (χ3v) is 8.02. The van der Waals surface area contributed by atoms with Gasteiger partial charge in [0.15, 0.2) is 0 Å². The van der Waals surface area contributed by atoms with E-state index in [2.05, 4.69) is 16.2 Å². The third kappa shape index (κ3) is 5.00. The summed E-state index contributed by atoms with van der Waals surface area (Å²) in [6.07, 6.45) is 1.79. The monoisotopic (exact) mass is 559 g/mol. The Kier molecular flexibility index (Phi) is 6.35. The topological polar surface area (TPSA) is 87.5 Å². The van der Waals surface area contributed by atoms with Crippen molar-refractivity contribution in [2.75, 3.05) is 16.0 Å². The zero-order chi connectivity index (χ0) is 26.3. The van der Waals surface area contributed by atoms with E-state index >= 15 is 0 Å². The zero-order valence-corrected chi connectivity index (χ0v) is 22.6. The normalized spacial score (nSPS) is 15.6. The summed E-state index contributed by atoms with van der Waals surface area (Å²) in [6.45, 7) is 0. The molecule has 1 aliphatic heterocycles. The molecule has 190 valence electrons. The van der Waals surface area contributed by atoms with E-state index in [4.69, 9.17) is 26.7 Å². The number of sulfonamides is 1. The minimum absolute atomic E-state index is 0.0767. The van der Waals surface area contributed by atoms with Gasteiger partial charge in [0, 0.05) is 33.0 Å². The molecule has 6 rings (SSSR count). The standard InChI is InChI=1S/C28H22ClN5O2S2/c1-38(35,36)33-21-12-9-18(10-13-21)24-17-25(26-8-5-15-37-26)34(32-24)28-30-23-14-11-20(29)16-22(23)27(31-28)19-6-3-2-4-7-19/h2-16,25,33H,17H2,1H3/t25-/m0/s1. The summed E-state index contributed by atoms with van der Waals surface area (Å²) in [4.78, 5) is 11.1. The van der Waals surface area contributed by atoms with Gasteiger partial charge in [-0.3, -0.25) is 4.72 Å². The second-order valence-electron chi connectivity index (χ2n) is 8.98. The second kappa shape index (κ2) is 9.83. The van der Waals surface area contributed by atoms with Crippen molar-refractivity contribution in [1.82, 2.24) is 9.97 Å². The lowest BCUT2D eigenvalue weighted by molar-refractivity contribution is 0.607. The van der Waals surface area contributed by atoms with Gasteiger partial charge in [0.2, 0.25) is 16.0 Å². The molecule has 0 radical (unpaired) electrons. The number of benzene rings is 3. The number of nitrogens with zero attached hydrogens (tertiary/aromatic N) is 4. The Morgan fingerprint density at radius 2 is 1.74 bits per heavy atom. The molecule has 2 aromatic heterocycles. The largest absolute Gasteiger partial charge is 0.284 e. The van der Waals surface area contributed by atoms with E-state index in [-0.39, 0.29) is 6.04 Å². The molecule has 5 aromatic rings. The van der Waals surface area contributed by atoms with E-state index in [1.807, 2.05) is 71.7 Å². The maximum absolute atomic E-state index is 11.6. The number of hydrogen-bond acceptors (Lipinski definition) is 7. The summed E-state index contributed by atoms with van der Waals surface area (Å²) in [5.74, 6) is 0.502. The van der Waals surface area contributed by atoms with Crippen molar-refractivity contribution in [1.29, 1.82) is 0 Å². The lowest BCUT2D eigenvalue weighted by Crippen LogP contribution is -2.20. The summed E-state index contributed by atoms with van der Waals surface area (Å²) < 4.78 is 25.7. The summed E-state index contributed by atoms with van der Waals surface area (Å²) in [5, 5.41) is 10.4. The van der Waals surface area contributed by atoms with Crippen LogP contribution in [0.5, 0.6) is 0 Å². The minimum Gasteiger partial charge on any atom is -0.284 e. The number of thiophene rings is 1. The van der Waals surface area contributed by atoms with E-state index in [9.17, 15) is 8.42 Å². The fourth-order valence-corrected chi connectivity index (χ4v) is 6.07. The first-order valence-electron chi connectivity index (χ1n) is 11.9. The highest BCUT2D eigenvalue weighted by molar-refractivity contribution is 7.92. The predicted molar refractivity (Wildman–Crippen MR) is 156 cm³/mol. The molecule has 0 spiro atoms. The Bertz CT molecular complexity index is 1760. The van der Waals surface area contributed by atoms with Crippen molar-refractivity contribution < 1.29 is 8.42 Å². The van der Waals surface area contributed by atoms with Gasteiger partial charge in [-0.05, 0) is 47.3 Å². The molecule has 0 saturated heterocycles. The number of anilines is 2. The molecular formula is C28H22ClN5O2S2. The Morgan fingerprint density at radius 1 is 0.947 bits per heavy atom. The lowest BCUT2D eigenvalue weighted by Gasteiger charge is -2.21. The maximum Gasteiger partial charge on any atom is 0.247 e. The molecule has 3 heterocycles. The van der Waals surface area contributed by atoms with Gasteiger partial charge < -0.3 is 0 Å². The molecule has 38 heavy (non-hydrogen) atoms. The fourth-order valence-electron chi connectivity index (χ4n) is 4.52. The van der Waals surface area contributed by atoms with Gasteiger partial charge in [-0.15, -0.1) is 11.3 Å². The smallest absolute Gasteiger partial charge is 0.247 e. The molecule has 3 aromatic carbocycles. The average Bonchev–Trinajstić information content (AvgIpc) is 3.59. The van der Waals surface area contributed by atoms with Crippen LogP contribution in [0.3, 0.4) is 0 Å². The van der Waals surface area contributed by atoms with Gasteiger partial charge in [-0.2, -0.15) is 5.10 Å². The molecule has 1 aliphatic rings. The SMILES string of the molecule is CS(=O)(=O)Nc1ccc(C2=NN(c3nc(-c4ccccc4)c4cc(Cl)ccc4n3)[C@H](c3cccs3)C2)cc1. The van der Waals surface area contributed by atoms with E-state index < -0.39 is 10.0 Å². The number of rotatable bonds is 6. The van der Waals surface area contributed by atoms with Gasteiger partial charge in [0.05, 0.1) is 29.2 Å². The maximum atomic E-state index is 11.6. The molecular weight excluding hydrogens is 538 g/mol. The van der Waals surface area contributed by atoms with Crippen molar-refractivity contribution in [3.8, 4) is 11.3 Å². The molecule has 7 nitrogen and oxygen atoms in total. The number of nitrogens with one attached hydrogen (secondary N) is 1. The number of hydrazone groups is 1. The number of aromatic nitrogens is 2. The molecule has 1 N–H and O–H groups in total. The van der Waals surface area contributed by atoms with Crippen molar-refractivity contribution in [2.45, 2.75) is 12.5 Å². The summed E-state index contributed by atoms with van der Waals surface area (Å²) >= 11 is 8.01. The van der Waals surface area contributed by atoms with E-state index in [1.165, 1.54) is 0 Å². The minimum atomic E-state index is -3.35. The quantitative estimate of drug-likeness (QED) is 0.249. The molecule has 0 fully saturated rings. The Labute approximate surface area is 229 Å². The average molecular weight is 560 g/mol. The van der Waals surface area contributed by atoms with Crippen molar-refractivity contribution in [2.24, 2.45) is 5.10 Å². The van der Waals surface area contributed by atoms with Crippen LogP contribution in [0.4, 0.5) is 11.6 Å². The molecule has 10 heteroatoms. The molecule has 0 amide bonds. The highest BCUT2D eigenvalue weighted by Gasteiger charge is 2.33. The zero-order valence-electron chi connectivity index (χ0n) is 20.2. The summed E-state index contributed by atoms with van der Waals surface area (Å²) in [7, 11) is -3.35. The van der Waals surface area contributed by atoms with E-state index in [0.717, 1.165) is 44.6 Å². The van der Waals surface area contributed by atoms with Crippen LogP contribution in [0, 0.1) is 0 Å². The highest BCUT2D eigenvalue weighted by Crippen LogP contribution is 2.39. The predicted octanol–water partition coefficient (Wildman–Crippen LogP) is 6.74. The Balaban J connectivity index is 1.46. The van der Waals surface area contributed by atoms with Gasteiger partial charge >= 0.3 is 0 Å². The fraction of sp³-hybridized carbons (Fsp3) is 0.107. The van der Waals surface area contributed by atoms with Gasteiger partial charge in [0.25, 0.3) is 0 Å². The van der Waals surface area contributed by atoms with Crippen LogP contribution in [0.1, 0.15) is 22.9 Å².